The Bertz CT molecular complexity index is 631. The minimum absolute atomic E-state index is 0.106. The van der Waals surface area contributed by atoms with E-state index in [4.69, 9.17) is 0 Å². The number of hydrogen-bond donors (Lipinski definition) is 1. The van der Waals surface area contributed by atoms with Gasteiger partial charge in [-0.1, -0.05) is 48.0 Å². The number of amides is 1. The maximum atomic E-state index is 11.9. The first-order chi connectivity index (χ1) is 10.0. The molecule has 2 heteroatoms. The summed E-state index contributed by atoms with van der Waals surface area (Å²) in [6.45, 7) is 6.88. The quantitative estimate of drug-likeness (QED) is 0.886. The van der Waals surface area contributed by atoms with Gasteiger partial charge in [0.25, 0.3) is 0 Å². The summed E-state index contributed by atoms with van der Waals surface area (Å²) >= 11 is 0. The summed E-state index contributed by atoms with van der Waals surface area (Å²) in [4.78, 5) is 11.9. The van der Waals surface area contributed by atoms with Gasteiger partial charge in [-0.05, 0) is 49.4 Å². The van der Waals surface area contributed by atoms with Gasteiger partial charge < -0.3 is 5.32 Å². The SMILES string of the molecule is Cc1cccc(CNC(=O)CCc2ccc(C)c(C)c2)c1. The molecule has 1 amide bonds. The molecular formula is C19H23NO. The summed E-state index contributed by atoms with van der Waals surface area (Å²) in [5.74, 6) is 0.106. The maximum absolute atomic E-state index is 11.9. The largest absolute Gasteiger partial charge is 0.352 e. The molecule has 0 saturated carbocycles. The van der Waals surface area contributed by atoms with Crippen LogP contribution in [0.4, 0.5) is 0 Å². The van der Waals surface area contributed by atoms with E-state index in [1.807, 2.05) is 12.1 Å². The van der Waals surface area contributed by atoms with Gasteiger partial charge in [-0.25, -0.2) is 0 Å². The third-order valence-corrected chi connectivity index (χ3v) is 3.78. The van der Waals surface area contributed by atoms with Gasteiger partial charge in [0.1, 0.15) is 0 Å². The van der Waals surface area contributed by atoms with Gasteiger partial charge in [-0.15, -0.1) is 0 Å². The van der Waals surface area contributed by atoms with Crippen molar-refractivity contribution in [2.75, 3.05) is 0 Å². The molecule has 2 nitrogen and oxygen atoms in total. The van der Waals surface area contributed by atoms with E-state index < -0.39 is 0 Å². The molecule has 0 atom stereocenters. The van der Waals surface area contributed by atoms with Crippen LogP contribution in [0.5, 0.6) is 0 Å². The van der Waals surface area contributed by atoms with Crippen LogP contribution >= 0.6 is 0 Å². The molecule has 0 aliphatic rings. The second kappa shape index (κ2) is 7.07. The average molecular weight is 281 g/mol. The van der Waals surface area contributed by atoms with Crippen molar-refractivity contribution in [2.24, 2.45) is 0 Å². The van der Waals surface area contributed by atoms with Gasteiger partial charge in [0.05, 0.1) is 0 Å². The zero-order valence-electron chi connectivity index (χ0n) is 13.1. The molecule has 0 aliphatic carbocycles. The molecule has 21 heavy (non-hydrogen) atoms. The Morgan fingerprint density at radius 2 is 1.76 bits per heavy atom. The Kier molecular flexibility index (Phi) is 5.15. The first kappa shape index (κ1) is 15.3. The Morgan fingerprint density at radius 1 is 0.952 bits per heavy atom. The molecule has 0 aromatic heterocycles. The second-order valence-electron chi connectivity index (χ2n) is 5.68. The highest BCUT2D eigenvalue weighted by molar-refractivity contribution is 5.76. The van der Waals surface area contributed by atoms with Gasteiger partial charge >= 0.3 is 0 Å². The number of aryl methyl sites for hydroxylation is 4. The Balaban J connectivity index is 1.80. The highest BCUT2D eigenvalue weighted by Gasteiger charge is 2.03. The Morgan fingerprint density at radius 3 is 2.48 bits per heavy atom. The number of rotatable bonds is 5. The van der Waals surface area contributed by atoms with Crippen LogP contribution in [0.15, 0.2) is 42.5 Å². The summed E-state index contributed by atoms with van der Waals surface area (Å²) in [5.41, 5.74) is 6.17. The van der Waals surface area contributed by atoms with Gasteiger partial charge in [-0.3, -0.25) is 4.79 Å². The summed E-state index contributed by atoms with van der Waals surface area (Å²) in [6.07, 6.45) is 1.33. The fourth-order valence-electron chi connectivity index (χ4n) is 2.33. The van der Waals surface area contributed by atoms with E-state index in [0.29, 0.717) is 13.0 Å². The molecule has 110 valence electrons. The van der Waals surface area contributed by atoms with Crippen molar-refractivity contribution in [3.8, 4) is 0 Å². The molecule has 0 radical (unpaired) electrons. The minimum Gasteiger partial charge on any atom is -0.352 e. The normalized spacial score (nSPS) is 10.4. The lowest BCUT2D eigenvalue weighted by molar-refractivity contribution is -0.121. The van der Waals surface area contributed by atoms with Crippen molar-refractivity contribution in [3.63, 3.8) is 0 Å². The highest BCUT2D eigenvalue weighted by Crippen LogP contribution is 2.11. The third kappa shape index (κ3) is 4.75. The summed E-state index contributed by atoms with van der Waals surface area (Å²) in [7, 11) is 0. The van der Waals surface area contributed by atoms with Crippen LogP contribution < -0.4 is 5.32 Å². The lowest BCUT2D eigenvalue weighted by atomic mass is 10.0. The van der Waals surface area contributed by atoms with E-state index in [0.717, 1.165) is 12.0 Å². The van der Waals surface area contributed by atoms with Crippen molar-refractivity contribution in [3.05, 3.63) is 70.3 Å². The molecule has 2 aromatic carbocycles. The monoisotopic (exact) mass is 281 g/mol. The van der Waals surface area contributed by atoms with E-state index >= 15 is 0 Å². The van der Waals surface area contributed by atoms with Crippen LogP contribution in [0, 0.1) is 20.8 Å². The van der Waals surface area contributed by atoms with Crippen LogP contribution in [0.3, 0.4) is 0 Å². The van der Waals surface area contributed by atoms with Crippen LogP contribution in [-0.2, 0) is 17.8 Å². The third-order valence-electron chi connectivity index (χ3n) is 3.78. The predicted molar refractivity (Wildman–Crippen MR) is 87.3 cm³/mol. The van der Waals surface area contributed by atoms with Crippen LogP contribution in [0.25, 0.3) is 0 Å². The number of carbonyl (C=O) groups excluding carboxylic acids is 1. The lowest BCUT2D eigenvalue weighted by Crippen LogP contribution is -2.23. The second-order valence-corrected chi connectivity index (χ2v) is 5.68. The maximum Gasteiger partial charge on any atom is 0.220 e. The molecular weight excluding hydrogens is 258 g/mol. The molecule has 2 aromatic rings. The summed E-state index contributed by atoms with van der Waals surface area (Å²) < 4.78 is 0. The van der Waals surface area contributed by atoms with Crippen LogP contribution in [0.1, 0.15) is 34.2 Å². The molecule has 0 heterocycles. The van der Waals surface area contributed by atoms with Gasteiger partial charge in [0.15, 0.2) is 0 Å². The number of benzene rings is 2. The molecule has 0 fully saturated rings. The van der Waals surface area contributed by atoms with Gasteiger partial charge in [-0.2, -0.15) is 0 Å². The standard InChI is InChI=1S/C19H23NO/c1-14-5-4-6-18(11-14)13-20-19(21)10-9-17-8-7-15(2)16(3)12-17/h4-8,11-12H,9-10,13H2,1-3H3,(H,20,21). The molecule has 0 bridgehead atoms. The fourth-order valence-corrected chi connectivity index (χ4v) is 2.33. The zero-order chi connectivity index (χ0) is 15.2. The Hall–Kier alpha value is -2.09. The van der Waals surface area contributed by atoms with Crippen molar-refractivity contribution in [2.45, 2.75) is 40.2 Å². The molecule has 2 rings (SSSR count). The highest BCUT2D eigenvalue weighted by atomic mass is 16.1. The molecule has 0 spiro atoms. The zero-order valence-corrected chi connectivity index (χ0v) is 13.1. The van der Waals surface area contributed by atoms with Crippen LogP contribution in [-0.4, -0.2) is 5.91 Å². The summed E-state index contributed by atoms with van der Waals surface area (Å²) in [5, 5.41) is 2.98. The van der Waals surface area contributed by atoms with E-state index in [-0.39, 0.29) is 5.91 Å². The van der Waals surface area contributed by atoms with E-state index in [1.165, 1.54) is 22.3 Å². The van der Waals surface area contributed by atoms with Crippen molar-refractivity contribution < 1.29 is 4.79 Å². The van der Waals surface area contributed by atoms with Crippen molar-refractivity contribution >= 4 is 5.91 Å². The van der Waals surface area contributed by atoms with Crippen molar-refractivity contribution in [1.82, 2.24) is 5.32 Å². The fraction of sp³-hybridized carbons (Fsp3) is 0.316. The Labute approximate surface area is 127 Å². The molecule has 1 N–H and O–H groups in total. The topological polar surface area (TPSA) is 29.1 Å². The van der Waals surface area contributed by atoms with E-state index in [1.54, 1.807) is 0 Å². The van der Waals surface area contributed by atoms with Crippen molar-refractivity contribution in [1.29, 1.82) is 0 Å². The summed E-state index contributed by atoms with van der Waals surface area (Å²) in [6, 6.07) is 14.6. The number of hydrogen-bond acceptors (Lipinski definition) is 1. The van der Waals surface area contributed by atoms with E-state index in [2.05, 4.69) is 56.4 Å². The first-order valence-electron chi connectivity index (χ1n) is 7.43. The first-order valence-corrected chi connectivity index (χ1v) is 7.43. The number of nitrogens with one attached hydrogen (secondary N) is 1. The minimum atomic E-state index is 0.106. The molecule has 0 unspecified atom stereocenters. The molecule has 0 aliphatic heterocycles. The average Bonchev–Trinajstić information content (AvgIpc) is 2.46. The van der Waals surface area contributed by atoms with E-state index in [9.17, 15) is 4.79 Å². The predicted octanol–water partition coefficient (Wildman–Crippen LogP) is 3.86. The van der Waals surface area contributed by atoms with Gasteiger partial charge in [0.2, 0.25) is 5.91 Å². The van der Waals surface area contributed by atoms with Gasteiger partial charge in [0, 0.05) is 13.0 Å². The lowest BCUT2D eigenvalue weighted by Gasteiger charge is -2.07. The molecule has 0 saturated heterocycles. The smallest absolute Gasteiger partial charge is 0.220 e. The number of carbonyl (C=O) groups is 1. The van der Waals surface area contributed by atoms with Crippen LogP contribution in [0.2, 0.25) is 0 Å².